The van der Waals surface area contributed by atoms with Gasteiger partial charge in [-0.3, -0.25) is 19.2 Å². The van der Waals surface area contributed by atoms with Gasteiger partial charge >= 0.3 is 0 Å². The molecule has 0 saturated heterocycles. The van der Waals surface area contributed by atoms with Gasteiger partial charge in [0.2, 0.25) is 0 Å². The molecule has 0 amide bonds. The molecular formula is C33H46O4. The van der Waals surface area contributed by atoms with Gasteiger partial charge in [-0.2, -0.15) is 0 Å². The molecule has 202 valence electrons. The predicted molar refractivity (Wildman–Crippen MR) is 151 cm³/mol. The lowest BCUT2D eigenvalue weighted by molar-refractivity contribution is -0.130. The van der Waals surface area contributed by atoms with E-state index in [1.807, 2.05) is 44.2 Å². The summed E-state index contributed by atoms with van der Waals surface area (Å²) < 4.78 is 0. The Bertz CT molecular complexity index is 1040. The van der Waals surface area contributed by atoms with Crippen molar-refractivity contribution in [3.63, 3.8) is 0 Å². The molecule has 0 fully saturated rings. The summed E-state index contributed by atoms with van der Waals surface area (Å²) in [4.78, 5) is 50.5. The lowest BCUT2D eigenvalue weighted by atomic mass is 9.71. The number of rotatable bonds is 12. The second kappa shape index (κ2) is 15.0. The molecule has 0 N–H and O–H groups in total. The fourth-order valence-electron chi connectivity index (χ4n) is 5.91. The zero-order valence-electron chi connectivity index (χ0n) is 23.8. The molecule has 2 aliphatic rings. The van der Waals surface area contributed by atoms with Gasteiger partial charge in [-0.15, -0.1) is 0 Å². The minimum Gasteiger partial charge on any atom is -0.300 e. The number of Topliss-reactive ketones (excluding diaryl/α,β-unsaturated/α-hetero) is 4. The van der Waals surface area contributed by atoms with E-state index in [9.17, 15) is 19.2 Å². The van der Waals surface area contributed by atoms with E-state index >= 15 is 0 Å². The first-order valence-electron chi connectivity index (χ1n) is 14.2. The van der Waals surface area contributed by atoms with E-state index in [0.29, 0.717) is 19.3 Å². The number of carbonyl (C=O) groups is 4. The van der Waals surface area contributed by atoms with Crippen molar-refractivity contribution in [2.45, 2.75) is 106 Å². The third-order valence-corrected chi connectivity index (χ3v) is 7.49. The number of hydrogen-bond donors (Lipinski definition) is 0. The molecule has 4 nitrogen and oxygen atoms in total. The highest BCUT2D eigenvalue weighted by Crippen LogP contribution is 2.38. The first-order chi connectivity index (χ1) is 17.7. The van der Waals surface area contributed by atoms with Crippen LogP contribution in [0.2, 0.25) is 0 Å². The van der Waals surface area contributed by atoms with Crippen LogP contribution in [0.5, 0.6) is 0 Å². The fraction of sp³-hybridized carbons (Fsp3) is 0.576. The zero-order valence-corrected chi connectivity index (χ0v) is 23.8. The maximum absolute atomic E-state index is 13.3. The Balaban J connectivity index is 0.00000153. The molecule has 3 rings (SSSR count). The van der Waals surface area contributed by atoms with E-state index in [-0.39, 0.29) is 47.3 Å². The van der Waals surface area contributed by atoms with Crippen molar-refractivity contribution >= 4 is 23.1 Å². The number of ketones is 4. The molecule has 0 radical (unpaired) electrons. The van der Waals surface area contributed by atoms with E-state index in [1.54, 1.807) is 0 Å². The maximum Gasteiger partial charge on any atom is 0.163 e. The summed E-state index contributed by atoms with van der Waals surface area (Å²) in [5.74, 6) is 0.410. The normalized spacial score (nSPS) is 17.8. The molecule has 0 aromatic heterocycles. The van der Waals surface area contributed by atoms with Crippen LogP contribution < -0.4 is 0 Å². The third-order valence-electron chi connectivity index (χ3n) is 7.49. The lowest BCUT2D eigenvalue weighted by Crippen LogP contribution is -2.30. The van der Waals surface area contributed by atoms with Gasteiger partial charge in [-0.25, -0.2) is 0 Å². The monoisotopic (exact) mass is 506 g/mol. The van der Waals surface area contributed by atoms with Crippen LogP contribution in [0.25, 0.3) is 0 Å². The smallest absolute Gasteiger partial charge is 0.163 e. The summed E-state index contributed by atoms with van der Waals surface area (Å²) in [6.07, 6.45) is 12.7. The maximum atomic E-state index is 13.3. The number of benzene rings is 1. The summed E-state index contributed by atoms with van der Waals surface area (Å²) in [5, 5.41) is 0. The topological polar surface area (TPSA) is 68.3 Å². The second-order valence-electron chi connectivity index (χ2n) is 10.9. The minimum atomic E-state index is -0.138. The molecule has 0 aliphatic heterocycles. The standard InChI is InChI=1S/C30H38O4.C3H8/c1-5-9-23(25(6-2)28(33)14-20(4)31)15-21-16-26-24(18-27(32)22-10-7-8-11-22)13-12-19(3)30(26)29(34)17-21;1-3-2/h7-8,10,12-13,21,23,25H,5-6,9,11,14-18H2,1-4H3;3H2,1-2H3. The van der Waals surface area contributed by atoms with Crippen LogP contribution in [0.15, 0.2) is 35.9 Å². The number of fused-ring (bicyclic) bond motifs is 1. The second-order valence-corrected chi connectivity index (χ2v) is 10.9. The molecule has 4 heteroatoms. The van der Waals surface area contributed by atoms with Crippen LogP contribution in [0.3, 0.4) is 0 Å². The van der Waals surface area contributed by atoms with E-state index in [4.69, 9.17) is 0 Å². The molecule has 2 aliphatic carbocycles. The molecule has 0 heterocycles. The third kappa shape index (κ3) is 8.45. The van der Waals surface area contributed by atoms with Gasteiger partial charge in [0.05, 0.1) is 6.42 Å². The van der Waals surface area contributed by atoms with Crippen molar-refractivity contribution < 1.29 is 19.2 Å². The predicted octanol–water partition coefficient (Wildman–Crippen LogP) is 7.54. The molecule has 1 aromatic carbocycles. The van der Waals surface area contributed by atoms with Crippen LogP contribution in [0.1, 0.15) is 113 Å². The van der Waals surface area contributed by atoms with Crippen LogP contribution >= 0.6 is 0 Å². The van der Waals surface area contributed by atoms with E-state index < -0.39 is 0 Å². The summed E-state index contributed by atoms with van der Waals surface area (Å²) in [5.41, 5.74) is 4.59. The van der Waals surface area contributed by atoms with Crippen LogP contribution in [-0.4, -0.2) is 23.1 Å². The van der Waals surface area contributed by atoms with E-state index in [1.165, 1.54) is 13.3 Å². The number of allylic oxidation sites excluding steroid dienone is 4. The Morgan fingerprint density at radius 1 is 1.05 bits per heavy atom. The van der Waals surface area contributed by atoms with Crippen molar-refractivity contribution in [2.24, 2.45) is 17.8 Å². The molecule has 37 heavy (non-hydrogen) atoms. The van der Waals surface area contributed by atoms with Gasteiger partial charge in [0, 0.05) is 24.3 Å². The number of carbonyl (C=O) groups excluding carboxylic acids is 4. The SMILES string of the molecule is CCC.CCCC(CC1CC(=O)c2c(C)ccc(CC(=O)C3=CC=CC3)c2C1)C(CC)C(=O)CC(C)=O. The molecule has 1 aromatic rings. The minimum absolute atomic E-state index is 0.00130. The molecule has 0 spiro atoms. The summed E-state index contributed by atoms with van der Waals surface area (Å²) >= 11 is 0. The Morgan fingerprint density at radius 2 is 1.76 bits per heavy atom. The Hall–Kier alpha value is -2.62. The zero-order chi connectivity index (χ0) is 27.5. The highest BCUT2D eigenvalue weighted by atomic mass is 16.1. The van der Waals surface area contributed by atoms with Crippen molar-refractivity contribution in [3.05, 3.63) is 58.2 Å². The average Bonchev–Trinajstić information content (AvgIpc) is 3.36. The number of aryl methyl sites for hydroxylation is 1. The molecule has 3 unspecified atom stereocenters. The Kier molecular flexibility index (Phi) is 12.4. The first-order valence-corrected chi connectivity index (χ1v) is 14.2. The van der Waals surface area contributed by atoms with Crippen molar-refractivity contribution in [1.29, 1.82) is 0 Å². The molecule has 0 saturated carbocycles. The Labute approximate surface area is 224 Å². The molecule has 0 bridgehead atoms. The van der Waals surface area contributed by atoms with E-state index in [0.717, 1.165) is 59.9 Å². The van der Waals surface area contributed by atoms with E-state index in [2.05, 4.69) is 20.8 Å². The summed E-state index contributed by atoms with van der Waals surface area (Å²) in [7, 11) is 0. The largest absolute Gasteiger partial charge is 0.300 e. The highest BCUT2D eigenvalue weighted by Gasteiger charge is 2.34. The van der Waals surface area contributed by atoms with Gasteiger partial charge in [0.15, 0.2) is 11.6 Å². The van der Waals surface area contributed by atoms with Gasteiger partial charge in [0.25, 0.3) is 0 Å². The van der Waals surface area contributed by atoms with Gasteiger partial charge in [-0.05, 0) is 73.6 Å². The summed E-state index contributed by atoms with van der Waals surface area (Å²) in [6, 6.07) is 3.98. The Morgan fingerprint density at radius 3 is 2.32 bits per heavy atom. The van der Waals surface area contributed by atoms with Crippen molar-refractivity contribution in [3.8, 4) is 0 Å². The first kappa shape index (κ1) is 30.6. The summed E-state index contributed by atoms with van der Waals surface area (Å²) in [6.45, 7) is 11.8. The van der Waals surface area contributed by atoms with Gasteiger partial charge in [0.1, 0.15) is 11.6 Å². The van der Waals surface area contributed by atoms with Gasteiger partial charge in [-0.1, -0.05) is 77.3 Å². The van der Waals surface area contributed by atoms with Crippen LogP contribution in [0, 0.1) is 24.7 Å². The molecular weight excluding hydrogens is 460 g/mol. The van der Waals surface area contributed by atoms with Crippen molar-refractivity contribution in [2.75, 3.05) is 0 Å². The van der Waals surface area contributed by atoms with Crippen LogP contribution in [0.4, 0.5) is 0 Å². The number of hydrogen-bond acceptors (Lipinski definition) is 4. The average molecular weight is 507 g/mol. The highest BCUT2D eigenvalue weighted by molar-refractivity contribution is 6.02. The molecule has 3 atom stereocenters. The fourth-order valence-corrected chi connectivity index (χ4v) is 5.91. The van der Waals surface area contributed by atoms with Crippen molar-refractivity contribution in [1.82, 2.24) is 0 Å². The lowest BCUT2D eigenvalue weighted by Gasteiger charge is -2.32. The van der Waals surface area contributed by atoms with Gasteiger partial charge < -0.3 is 0 Å². The van der Waals surface area contributed by atoms with Crippen LogP contribution in [-0.2, 0) is 27.2 Å². The quantitative estimate of drug-likeness (QED) is 0.275.